The standard InChI is InChI=1S/C18H22N2O/c1-2-10-20-11-9-19-18(20)17(21)16-14-8-7-12-5-3-4-6-13(12)15(14)16/h3-6,9,11,14-17,21H,2,7-8,10H2,1H3. The third-order valence-electron chi connectivity index (χ3n) is 5.23. The first-order chi connectivity index (χ1) is 10.3. The predicted molar refractivity (Wildman–Crippen MR) is 82.0 cm³/mol. The Hall–Kier alpha value is -1.61. The van der Waals surface area contributed by atoms with E-state index in [1.165, 1.54) is 17.5 Å². The molecular formula is C18H22N2O. The zero-order valence-corrected chi connectivity index (χ0v) is 12.4. The first-order valence-corrected chi connectivity index (χ1v) is 8.08. The first-order valence-electron chi connectivity index (χ1n) is 8.08. The van der Waals surface area contributed by atoms with Crippen molar-refractivity contribution in [2.24, 2.45) is 11.8 Å². The van der Waals surface area contributed by atoms with Gasteiger partial charge in [-0.2, -0.15) is 0 Å². The smallest absolute Gasteiger partial charge is 0.137 e. The fourth-order valence-corrected chi connectivity index (χ4v) is 4.24. The molecule has 3 heteroatoms. The van der Waals surface area contributed by atoms with E-state index in [1.807, 2.05) is 12.4 Å². The molecule has 4 atom stereocenters. The first kappa shape index (κ1) is 13.1. The van der Waals surface area contributed by atoms with E-state index in [0.29, 0.717) is 17.8 Å². The Morgan fingerprint density at radius 2 is 2.24 bits per heavy atom. The van der Waals surface area contributed by atoms with Crippen molar-refractivity contribution in [2.75, 3.05) is 0 Å². The summed E-state index contributed by atoms with van der Waals surface area (Å²) < 4.78 is 2.11. The van der Waals surface area contributed by atoms with Gasteiger partial charge in [-0.05, 0) is 42.2 Å². The molecule has 2 aromatic rings. The number of nitrogens with zero attached hydrogens (tertiary/aromatic N) is 2. The molecule has 2 aliphatic carbocycles. The molecule has 3 nitrogen and oxygen atoms in total. The second kappa shape index (κ2) is 4.99. The van der Waals surface area contributed by atoms with Crippen molar-refractivity contribution in [3.8, 4) is 0 Å². The van der Waals surface area contributed by atoms with E-state index in [0.717, 1.165) is 25.2 Å². The van der Waals surface area contributed by atoms with Crippen LogP contribution in [-0.4, -0.2) is 14.7 Å². The number of aryl methyl sites for hydroxylation is 2. The number of aromatic nitrogens is 2. The zero-order chi connectivity index (χ0) is 14.4. The van der Waals surface area contributed by atoms with E-state index < -0.39 is 6.10 Å². The highest BCUT2D eigenvalue weighted by Crippen LogP contribution is 2.64. The van der Waals surface area contributed by atoms with Crippen LogP contribution in [0.15, 0.2) is 36.7 Å². The summed E-state index contributed by atoms with van der Waals surface area (Å²) in [5.41, 5.74) is 2.94. The quantitative estimate of drug-likeness (QED) is 0.934. The third-order valence-corrected chi connectivity index (χ3v) is 5.23. The van der Waals surface area contributed by atoms with Crippen LogP contribution in [0.4, 0.5) is 0 Å². The van der Waals surface area contributed by atoms with Crippen LogP contribution in [-0.2, 0) is 13.0 Å². The summed E-state index contributed by atoms with van der Waals surface area (Å²) in [7, 11) is 0. The van der Waals surface area contributed by atoms with Crippen LogP contribution in [0.1, 0.15) is 48.7 Å². The number of benzene rings is 1. The van der Waals surface area contributed by atoms with E-state index in [-0.39, 0.29) is 0 Å². The van der Waals surface area contributed by atoms with Crippen LogP contribution in [0.25, 0.3) is 0 Å². The molecular weight excluding hydrogens is 260 g/mol. The average molecular weight is 282 g/mol. The van der Waals surface area contributed by atoms with Crippen LogP contribution in [0.2, 0.25) is 0 Å². The number of hydrogen-bond donors (Lipinski definition) is 1. The average Bonchev–Trinajstić information content (AvgIpc) is 3.09. The van der Waals surface area contributed by atoms with Crippen LogP contribution in [0.3, 0.4) is 0 Å². The SMILES string of the molecule is CCCn1ccnc1C(O)C1C2CCc3ccccc3C21. The second-order valence-corrected chi connectivity index (χ2v) is 6.43. The molecule has 0 spiro atoms. The Morgan fingerprint density at radius 1 is 1.38 bits per heavy atom. The third kappa shape index (κ3) is 2.03. The van der Waals surface area contributed by atoms with Gasteiger partial charge in [0.2, 0.25) is 0 Å². The van der Waals surface area contributed by atoms with Crippen LogP contribution in [0.5, 0.6) is 0 Å². The molecule has 1 aromatic carbocycles. The van der Waals surface area contributed by atoms with Gasteiger partial charge in [-0.3, -0.25) is 0 Å². The summed E-state index contributed by atoms with van der Waals surface area (Å²) in [6.07, 6.45) is 6.81. The zero-order valence-electron chi connectivity index (χ0n) is 12.4. The molecule has 0 radical (unpaired) electrons. The van der Waals surface area contributed by atoms with Gasteiger partial charge in [0.1, 0.15) is 11.9 Å². The number of imidazole rings is 1. The number of aliphatic hydroxyl groups is 1. The molecule has 1 saturated carbocycles. The van der Waals surface area contributed by atoms with Crippen molar-refractivity contribution in [3.63, 3.8) is 0 Å². The van der Waals surface area contributed by atoms with Gasteiger partial charge in [-0.15, -0.1) is 0 Å². The van der Waals surface area contributed by atoms with Gasteiger partial charge in [0.25, 0.3) is 0 Å². The minimum absolute atomic E-state index is 0.353. The van der Waals surface area contributed by atoms with Crippen molar-refractivity contribution < 1.29 is 5.11 Å². The Bertz CT molecular complexity index is 648. The highest BCUT2D eigenvalue weighted by atomic mass is 16.3. The summed E-state index contributed by atoms with van der Waals surface area (Å²) in [5.74, 6) is 2.39. The summed E-state index contributed by atoms with van der Waals surface area (Å²) in [5, 5.41) is 10.8. The number of fused-ring (bicyclic) bond motifs is 3. The topological polar surface area (TPSA) is 38.0 Å². The monoisotopic (exact) mass is 282 g/mol. The van der Waals surface area contributed by atoms with Crippen molar-refractivity contribution in [1.82, 2.24) is 9.55 Å². The maximum absolute atomic E-state index is 10.8. The van der Waals surface area contributed by atoms with E-state index in [9.17, 15) is 5.11 Å². The maximum Gasteiger partial charge on any atom is 0.137 e. The molecule has 0 aliphatic heterocycles. The molecule has 2 aliphatic rings. The number of hydrogen-bond acceptors (Lipinski definition) is 2. The Morgan fingerprint density at radius 3 is 3.10 bits per heavy atom. The van der Waals surface area contributed by atoms with Crippen molar-refractivity contribution in [2.45, 2.75) is 44.8 Å². The second-order valence-electron chi connectivity index (χ2n) is 6.43. The van der Waals surface area contributed by atoms with Gasteiger partial charge in [0, 0.05) is 24.9 Å². The lowest BCUT2D eigenvalue weighted by molar-refractivity contribution is 0.131. The Balaban J connectivity index is 1.60. The van der Waals surface area contributed by atoms with E-state index in [4.69, 9.17) is 0 Å². The molecule has 4 rings (SSSR count). The Labute approximate surface area is 125 Å². The molecule has 1 heterocycles. The van der Waals surface area contributed by atoms with Crippen LogP contribution in [0, 0.1) is 11.8 Å². The number of rotatable bonds is 4. The van der Waals surface area contributed by atoms with Gasteiger partial charge in [-0.1, -0.05) is 31.2 Å². The van der Waals surface area contributed by atoms with Crippen LogP contribution >= 0.6 is 0 Å². The van der Waals surface area contributed by atoms with Gasteiger partial charge in [0.15, 0.2) is 0 Å². The Kier molecular flexibility index (Phi) is 3.11. The van der Waals surface area contributed by atoms with Gasteiger partial charge >= 0.3 is 0 Å². The lowest BCUT2D eigenvalue weighted by Crippen LogP contribution is -2.11. The molecule has 0 bridgehead atoms. The van der Waals surface area contributed by atoms with E-state index in [2.05, 4.69) is 40.7 Å². The lowest BCUT2D eigenvalue weighted by Gasteiger charge is -2.14. The van der Waals surface area contributed by atoms with E-state index >= 15 is 0 Å². The summed E-state index contributed by atoms with van der Waals surface area (Å²) in [6, 6.07) is 8.74. The molecule has 1 fully saturated rings. The largest absolute Gasteiger partial charge is 0.385 e. The maximum atomic E-state index is 10.8. The van der Waals surface area contributed by atoms with Gasteiger partial charge in [-0.25, -0.2) is 4.98 Å². The molecule has 1 aromatic heterocycles. The molecule has 21 heavy (non-hydrogen) atoms. The molecule has 1 N–H and O–H groups in total. The minimum Gasteiger partial charge on any atom is -0.385 e. The van der Waals surface area contributed by atoms with Crippen molar-refractivity contribution in [1.29, 1.82) is 0 Å². The van der Waals surface area contributed by atoms with E-state index in [1.54, 1.807) is 0 Å². The van der Waals surface area contributed by atoms with Gasteiger partial charge in [0.05, 0.1) is 0 Å². The van der Waals surface area contributed by atoms with Gasteiger partial charge < -0.3 is 9.67 Å². The summed E-state index contributed by atoms with van der Waals surface area (Å²) in [6.45, 7) is 3.09. The molecule has 0 amide bonds. The fraction of sp³-hybridized carbons (Fsp3) is 0.500. The molecule has 0 saturated heterocycles. The lowest BCUT2D eigenvalue weighted by atomic mass is 9.92. The normalized spacial score (nSPS) is 27.8. The van der Waals surface area contributed by atoms with Crippen molar-refractivity contribution >= 4 is 0 Å². The fourth-order valence-electron chi connectivity index (χ4n) is 4.24. The highest BCUT2D eigenvalue weighted by molar-refractivity contribution is 5.40. The van der Waals surface area contributed by atoms with Crippen LogP contribution < -0.4 is 0 Å². The molecule has 4 unspecified atom stereocenters. The number of aliphatic hydroxyl groups excluding tert-OH is 1. The molecule has 110 valence electrons. The predicted octanol–water partition coefficient (Wildman–Crippen LogP) is 3.30. The highest BCUT2D eigenvalue weighted by Gasteiger charge is 2.57. The van der Waals surface area contributed by atoms with Crippen molar-refractivity contribution in [3.05, 3.63) is 53.6 Å². The minimum atomic E-state index is -0.423. The summed E-state index contributed by atoms with van der Waals surface area (Å²) in [4.78, 5) is 4.42. The summed E-state index contributed by atoms with van der Waals surface area (Å²) >= 11 is 0.